The molecule has 1 aromatic heterocycles. The minimum absolute atomic E-state index is 0.499. The molecule has 0 fully saturated rings. The van der Waals surface area contributed by atoms with E-state index in [0.29, 0.717) is 0 Å². The van der Waals surface area contributed by atoms with Gasteiger partial charge in [0.05, 0.1) is 6.61 Å². The molecule has 0 spiro atoms. The second kappa shape index (κ2) is 7.94. The zero-order valence-corrected chi connectivity index (χ0v) is 15.8. The molecular weight excluding hydrogens is 329 g/mol. The fraction of sp³-hybridized carbons (Fsp3) is 0.300. The summed E-state index contributed by atoms with van der Waals surface area (Å²) in [5.74, 6) is 0.947. The molecule has 130 valence electrons. The van der Waals surface area contributed by atoms with Crippen molar-refractivity contribution in [3.05, 3.63) is 48.5 Å². The Morgan fingerprint density at radius 1 is 1.12 bits per heavy atom. The highest BCUT2D eigenvalue weighted by Crippen LogP contribution is 2.36. The third kappa shape index (κ3) is 4.17. The maximum Gasteiger partial charge on any atom is 0.409 e. The fourth-order valence-electron chi connectivity index (χ4n) is 2.65. The van der Waals surface area contributed by atoms with Crippen molar-refractivity contribution < 1.29 is 9.76 Å². The quantitative estimate of drug-likeness (QED) is 0.462. The standard InChI is InChI=1S/C20H24BNO2S/c1-4-5-12-24-18-11-8-16-13-19(25-20(16)14-18)15-6-9-17(10-7-15)22(3)21(2)23/h6-11,13-14,23H,4-5,12H2,1-3H3. The first-order valence-corrected chi connectivity index (χ1v) is 9.58. The molecule has 0 bridgehead atoms. The van der Waals surface area contributed by atoms with Gasteiger partial charge in [-0.1, -0.05) is 25.5 Å². The van der Waals surface area contributed by atoms with Crippen LogP contribution in [0.1, 0.15) is 19.8 Å². The van der Waals surface area contributed by atoms with Crippen molar-refractivity contribution in [2.24, 2.45) is 0 Å². The van der Waals surface area contributed by atoms with E-state index in [1.807, 2.05) is 24.0 Å². The second-order valence-corrected chi connectivity index (χ2v) is 7.39. The van der Waals surface area contributed by atoms with E-state index in [4.69, 9.17) is 4.74 Å². The van der Waals surface area contributed by atoms with Crippen LogP contribution in [0.25, 0.3) is 20.5 Å². The first-order chi connectivity index (χ1) is 12.1. The molecule has 0 aliphatic rings. The van der Waals surface area contributed by atoms with Gasteiger partial charge in [0.1, 0.15) is 5.75 Å². The number of hydrogen-bond donors (Lipinski definition) is 1. The van der Waals surface area contributed by atoms with Crippen LogP contribution in [0.2, 0.25) is 6.82 Å². The summed E-state index contributed by atoms with van der Waals surface area (Å²) in [6.45, 7) is 4.71. The van der Waals surface area contributed by atoms with E-state index in [1.165, 1.54) is 20.5 Å². The average Bonchev–Trinajstić information content (AvgIpc) is 3.04. The van der Waals surface area contributed by atoms with E-state index in [1.54, 1.807) is 18.2 Å². The van der Waals surface area contributed by atoms with Crippen LogP contribution in [0.3, 0.4) is 0 Å². The molecule has 3 rings (SSSR count). The molecule has 3 aromatic rings. The molecule has 0 aliphatic carbocycles. The van der Waals surface area contributed by atoms with Gasteiger partial charge in [-0.05, 0) is 67.6 Å². The van der Waals surface area contributed by atoms with Crippen molar-refractivity contribution in [2.45, 2.75) is 26.6 Å². The molecule has 5 heteroatoms. The Labute approximate surface area is 154 Å². The number of unbranched alkanes of at least 4 members (excludes halogenated alkanes) is 1. The molecule has 0 saturated heterocycles. The summed E-state index contributed by atoms with van der Waals surface area (Å²) in [5.41, 5.74) is 2.20. The maximum absolute atomic E-state index is 9.68. The summed E-state index contributed by atoms with van der Waals surface area (Å²) in [5, 5.41) is 10.9. The average molecular weight is 353 g/mol. The van der Waals surface area contributed by atoms with E-state index >= 15 is 0 Å². The van der Waals surface area contributed by atoms with Gasteiger partial charge in [-0.25, -0.2) is 0 Å². The molecule has 0 atom stereocenters. The third-order valence-corrected chi connectivity index (χ3v) is 5.52. The number of ether oxygens (including phenoxy) is 1. The first kappa shape index (κ1) is 17.8. The van der Waals surface area contributed by atoms with Gasteiger partial charge in [0.25, 0.3) is 0 Å². The lowest BCUT2D eigenvalue weighted by atomic mass is 9.85. The molecule has 1 N–H and O–H groups in total. The van der Waals surface area contributed by atoms with Crippen LogP contribution in [0.5, 0.6) is 5.75 Å². The van der Waals surface area contributed by atoms with Gasteiger partial charge in [-0.2, -0.15) is 0 Å². The minimum Gasteiger partial charge on any atom is -0.494 e. The van der Waals surface area contributed by atoms with Crippen molar-refractivity contribution >= 4 is 34.2 Å². The summed E-state index contributed by atoms with van der Waals surface area (Å²) < 4.78 is 7.06. The van der Waals surface area contributed by atoms with E-state index in [-0.39, 0.29) is 0 Å². The molecule has 0 radical (unpaired) electrons. The lowest BCUT2D eigenvalue weighted by Crippen LogP contribution is -2.32. The number of rotatable bonds is 7. The van der Waals surface area contributed by atoms with Gasteiger partial charge in [0, 0.05) is 15.3 Å². The molecule has 2 aromatic carbocycles. The fourth-order valence-corrected chi connectivity index (χ4v) is 3.75. The predicted molar refractivity (Wildman–Crippen MR) is 110 cm³/mol. The SMILES string of the molecule is CCCCOc1ccc2cc(-c3ccc(N(C)B(C)O)cc3)sc2c1. The molecule has 1 heterocycles. The molecule has 0 unspecified atom stereocenters. The number of benzene rings is 2. The molecular formula is C20H24BNO2S. The Kier molecular flexibility index (Phi) is 5.66. The van der Waals surface area contributed by atoms with Crippen LogP contribution in [0.4, 0.5) is 5.69 Å². The van der Waals surface area contributed by atoms with E-state index in [9.17, 15) is 5.02 Å². The third-order valence-electron chi connectivity index (χ3n) is 4.38. The van der Waals surface area contributed by atoms with E-state index in [0.717, 1.165) is 30.9 Å². The molecule has 0 aliphatic heterocycles. The number of hydrogen-bond acceptors (Lipinski definition) is 4. The Morgan fingerprint density at radius 3 is 2.56 bits per heavy atom. The largest absolute Gasteiger partial charge is 0.494 e. The molecule has 0 amide bonds. The Balaban J connectivity index is 1.81. The highest BCUT2D eigenvalue weighted by Gasteiger charge is 2.12. The Bertz CT molecular complexity index is 829. The topological polar surface area (TPSA) is 32.7 Å². The summed E-state index contributed by atoms with van der Waals surface area (Å²) in [6, 6.07) is 16.9. The van der Waals surface area contributed by atoms with Gasteiger partial charge < -0.3 is 14.6 Å². The van der Waals surface area contributed by atoms with Gasteiger partial charge >= 0.3 is 7.05 Å². The predicted octanol–water partition coefficient (Wildman–Crippen LogP) is 5.29. The van der Waals surface area contributed by atoms with Crippen molar-refractivity contribution in [3.63, 3.8) is 0 Å². The lowest BCUT2D eigenvalue weighted by molar-refractivity contribution is 0.310. The van der Waals surface area contributed by atoms with Crippen LogP contribution in [-0.4, -0.2) is 25.7 Å². The zero-order valence-electron chi connectivity index (χ0n) is 15.0. The highest BCUT2D eigenvalue weighted by atomic mass is 32.1. The summed E-state index contributed by atoms with van der Waals surface area (Å²) in [7, 11) is 1.39. The molecule has 25 heavy (non-hydrogen) atoms. The second-order valence-electron chi connectivity index (χ2n) is 6.30. The van der Waals surface area contributed by atoms with Gasteiger partial charge in [-0.3, -0.25) is 0 Å². The summed E-state index contributed by atoms with van der Waals surface area (Å²) in [4.78, 5) is 3.08. The maximum atomic E-state index is 9.68. The van der Waals surface area contributed by atoms with Crippen LogP contribution < -0.4 is 9.55 Å². The van der Waals surface area contributed by atoms with Crippen molar-refractivity contribution in [2.75, 3.05) is 18.5 Å². The number of nitrogens with zero attached hydrogens (tertiary/aromatic N) is 1. The van der Waals surface area contributed by atoms with E-state index < -0.39 is 7.05 Å². The minimum atomic E-state index is -0.499. The van der Waals surface area contributed by atoms with Crippen LogP contribution in [-0.2, 0) is 0 Å². The lowest BCUT2D eigenvalue weighted by Gasteiger charge is -2.19. The Hall–Kier alpha value is -1.98. The number of thiophene rings is 1. The van der Waals surface area contributed by atoms with Crippen LogP contribution in [0, 0.1) is 0 Å². The highest BCUT2D eigenvalue weighted by molar-refractivity contribution is 7.22. The smallest absolute Gasteiger partial charge is 0.409 e. The van der Waals surface area contributed by atoms with Gasteiger partial charge in [0.2, 0.25) is 0 Å². The first-order valence-electron chi connectivity index (χ1n) is 8.76. The Morgan fingerprint density at radius 2 is 1.88 bits per heavy atom. The van der Waals surface area contributed by atoms with Gasteiger partial charge in [0.15, 0.2) is 0 Å². The summed E-state index contributed by atoms with van der Waals surface area (Å²) >= 11 is 1.78. The molecule has 0 saturated carbocycles. The normalized spacial score (nSPS) is 10.9. The van der Waals surface area contributed by atoms with Crippen LogP contribution >= 0.6 is 11.3 Å². The summed E-state index contributed by atoms with van der Waals surface area (Å²) in [6.07, 6.45) is 2.23. The zero-order chi connectivity index (χ0) is 17.8. The van der Waals surface area contributed by atoms with Crippen molar-refractivity contribution in [3.8, 4) is 16.2 Å². The van der Waals surface area contributed by atoms with Crippen molar-refractivity contribution in [1.82, 2.24) is 0 Å². The molecule has 3 nitrogen and oxygen atoms in total. The van der Waals surface area contributed by atoms with Crippen LogP contribution in [0.15, 0.2) is 48.5 Å². The monoisotopic (exact) mass is 353 g/mol. The van der Waals surface area contributed by atoms with Gasteiger partial charge in [-0.15, -0.1) is 11.3 Å². The van der Waals surface area contributed by atoms with E-state index in [2.05, 4.69) is 43.3 Å². The van der Waals surface area contributed by atoms with Crippen molar-refractivity contribution in [1.29, 1.82) is 0 Å². The number of anilines is 1. The number of fused-ring (bicyclic) bond motifs is 1.